The second-order valence-electron chi connectivity index (χ2n) is 6.05. The average Bonchev–Trinajstić information content (AvgIpc) is 3.08. The molecule has 0 radical (unpaired) electrons. The van der Waals surface area contributed by atoms with Crippen molar-refractivity contribution in [3.05, 3.63) is 42.0 Å². The van der Waals surface area contributed by atoms with E-state index >= 15 is 0 Å². The molecule has 21 heavy (non-hydrogen) atoms. The van der Waals surface area contributed by atoms with Gasteiger partial charge in [-0.15, -0.1) is 0 Å². The molecule has 1 fully saturated rings. The van der Waals surface area contributed by atoms with E-state index in [1.54, 1.807) is 7.11 Å². The molecule has 5 atom stereocenters. The summed E-state index contributed by atoms with van der Waals surface area (Å²) in [5, 5.41) is 3.10. The number of hydrogen-bond donors (Lipinski definition) is 2. The van der Waals surface area contributed by atoms with Crippen LogP contribution < -0.4 is 15.8 Å². The van der Waals surface area contributed by atoms with E-state index in [2.05, 4.69) is 17.5 Å². The van der Waals surface area contributed by atoms with Gasteiger partial charge in [-0.1, -0.05) is 24.3 Å². The van der Waals surface area contributed by atoms with Crippen molar-refractivity contribution in [2.45, 2.75) is 25.4 Å². The van der Waals surface area contributed by atoms with E-state index in [1.807, 2.05) is 31.2 Å². The van der Waals surface area contributed by atoms with E-state index in [1.165, 1.54) is 0 Å². The van der Waals surface area contributed by atoms with Gasteiger partial charge in [0, 0.05) is 6.04 Å². The smallest absolute Gasteiger partial charge is 0.225 e. The van der Waals surface area contributed by atoms with Crippen molar-refractivity contribution in [3.63, 3.8) is 0 Å². The summed E-state index contributed by atoms with van der Waals surface area (Å²) in [6.45, 7) is 1.99. The lowest BCUT2D eigenvalue weighted by molar-refractivity contribution is -0.126. The van der Waals surface area contributed by atoms with Crippen LogP contribution in [0.5, 0.6) is 5.75 Å². The van der Waals surface area contributed by atoms with E-state index in [-0.39, 0.29) is 23.9 Å². The van der Waals surface area contributed by atoms with Gasteiger partial charge in [0.1, 0.15) is 5.75 Å². The molecule has 3 N–H and O–H groups in total. The molecular formula is C17H22N2O2. The minimum absolute atomic E-state index is 0.0290. The van der Waals surface area contributed by atoms with E-state index in [0.29, 0.717) is 11.8 Å². The number of hydrogen-bond acceptors (Lipinski definition) is 3. The van der Waals surface area contributed by atoms with Crippen LogP contribution in [0.4, 0.5) is 0 Å². The van der Waals surface area contributed by atoms with E-state index in [0.717, 1.165) is 17.7 Å². The Morgan fingerprint density at radius 3 is 2.52 bits per heavy atom. The second kappa shape index (κ2) is 5.53. The highest BCUT2D eigenvalue weighted by molar-refractivity contribution is 5.81. The monoisotopic (exact) mass is 286 g/mol. The molecule has 1 amide bonds. The summed E-state index contributed by atoms with van der Waals surface area (Å²) in [5.74, 6) is 1.50. The molecule has 0 spiro atoms. The minimum Gasteiger partial charge on any atom is -0.497 e. The Morgan fingerprint density at radius 1 is 1.29 bits per heavy atom. The average molecular weight is 286 g/mol. The standard InChI is InChI=1S/C17H22N2O2/c1-10(11-5-7-14(21-2)8-6-11)19-17(20)15-12-3-4-13(9-12)16(15)18/h3-8,10,12-13,15-16H,9,18H2,1-2H3,(H,19,20)/t10-,12-,13+,15+,16-/m1/s1. The molecule has 4 heteroatoms. The van der Waals surface area contributed by atoms with Gasteiger partial charge in [-0.3, -0.25) is 4.79 Å². The van der Waals surface area contributed by atoms with Crippen molar-refractivity contribution in [2.75, 3.05) is 7.11 Å². The number of allylic oxidation sites excluding steroid dienone is 1. The van der Waals surface area contributed by atoms with Crippen LogP contribution in [0.1, 0.15) is 24.9 Å². The van der Waals surface area contributed by atoms with Gasteiger partial charge in [0.25, 0.3) is 0 Å². The SMILES string of the molecule is COc1ccc([C@@H](C)NC(=O)[C@@H]2[C@H](N)[C@H]3C=C[C@@H]2C3)cc1. The van der Waals surface area contributed by atoms with Gasteiger partial charge in [0.2, 0.25) is 5.91 Å². The highest BCUT2D eigenvalue weighted by Crippen LogP contribution is 2.42. The molecular weight excluding hydrogens is 264 g/mol. The topological polar surface area (TPSA) is 64.3 Å². The van der Waals surface area contributed by atoms with E-state index in [9.17, 15) is 4.79 Å². The number of ether oxygens (including phenoxy) is 1. The van der Waals surface area contributed by atoms with Crippen molar-refractivity contribution in [3.8, 4) is 5.75 Å². The van der Waals surface area contributed by atoms with Gasteiger partial charge < -0.3 is 15.8 Å². The van der Waals surface area contributed by atoms with Gasteiger partial charge in [-0.25, -0.2) is 0 Å². The lowest BCUT2D eigenvalue weighted by Crippen LogP contribution is -2.44. The summed E-state index contributed by atoms with van der Waals surface area (Å²) in [6.07, 6.45) is 5.33. The first-order valence-corrected chi connectivity index (χ1v) is 7.48. The predicted octanol–water partition coefficient (Wildman–Crippen LogP) is 2.02. The summed E-state index contributed by atoms with van der Waals surface area (Å²) >= 11 is 0. The van der Waals surface area contributed by atoms with Crippen LogP contribution in [0, 0.1) is 17.8 Å². The number of methoxy groups -OCH3 is 1. The zero-order chi connectivity index (χ0) is 15.0. The number of amides is 1. The Morgan fingerprint density at radius 2 is 1.95 bits per heavy atom. The van der Waals surface area contributed by atoms with E-state index in [4.69, 9.17) is 10.5 Å². The molecule has 1 aromatic carbocycles. The summed E-state index contributed by atoms with van der Waals surface area (Å²) < 4.78 is 5.15. The number of nitrogens with one attached hydrogen (secondary N) is 1. The van der Waals surface area contributed by atoms with Gasteiger partial charge in [-0.2, -0.15) is 0 Å². The largest absolute Gasteiger partial charge is 0.497 e. The first-order chi connectivity index (χ1) is 10.1. The molecule has 1 aromatic rings. The van der Waals surface area contributed by atoms with Gasteiger partial charge in [-0.05, 0) is 42.9 Å². The van der Waals surface area contributed by atoms with Crippen LogP contribution in [-0.4, -0.2) is 19.1 Å². The fraction of sp³-hybridized carbons (Fsp3) is 0.471. The normalized spacial score (nSPS) is 31.2. The van der Waals surface area contributed by atoms with Gasteiger partial charge in [0.05, 0.1) is 19.1 Å². The third kappa shape index (κ3) is 2.56. The molecule has 3 rings (SSSR count). The number of rotatable bonds is 4. The van der Waals surface area contributed by atoms with Crippen molar-refractivity contribution in [1.82, 2.24) is 5.32 Å². The quantitative estimate of drug-likeness (QED) is 0.832. The third-order valence-electron chi connectivity index (χ3n) is 4.80. The van der Waals surface area contributed by atoms with Crippen LogP contribution in [0.15, 0.2) is 36.4 Å². The molecule has 0 aliphatic heterocycles. The first-order valence-electron chi connectivity index (χ1n) is 7.48. The third-order valence-corrected chi connectivity index (χ3v) is 4.80. The second-order valence-corrected chi connectivity index (χ2v) is 6.05. The van der Waals surface area contributed by atoms with Crippen molar-refractivity contribution < 1.29 is 9.53 Å². The van der Waals surface area contributed by atoms with Gasteiger partial charge >= 0.3 is 0 Å². The molecule has 4 nitrogen and oxygen atoms in total. The summed E-state index contributed by atoms with van der Waals surface area (Å²) in [4.78, 5) is 12.5. The van der Waals surface area contributed by atoms with Gasteiger partial charge in [0.15, 0.2) is 0 Å². The fourth-order valence-electron chi connectivity index (χ4n) is 3.52. The number of nitrogens with two attached hydrogens (primary N) is 1. The highest BCUT2D eigenvalue weighted by atomic mass is 16.5. The lowest BCUT2D eigenvalue weighted by atomic mass is 9.88. The van der Waals surface area contributed by atoms with Crippen LogP contribution in [0.3, 0.4) is 0 Å². The Hall–Kier alpha value is -1.81. The molecule has 1 saturated carbocycles. The van der Waals surface area contributed by atoms with Crippen molar-refractivity contribution in [1.29, 1.82) is 0 Å². The minimum atomic E-state index is -0.0827. The predicted molar refractivity (Wildman–Crippen MR) is 81.8 cm³/mol. The fourth-order valence-corrected chi connectivity index (χ4v) is 3.52. The molecule has 0 unspecified atom stereocenters. The Kier molecular flexibility index (Phi) is 3.72. The Labute approximate surface area is 125 Å². The van der Waals surface area contributed by atoms with Crippen LogP contribution in [0.25, 0.3) is 0 Å². The van der Waals surface area contributed by atoms with Crippen molar-refractivity contribution >= 4 is 5.91 Å². The molecule has 0 saturated heterocycles. The first kappa shape index (κ1) is 14.1. The zero-order valence-corrected chi connectivity index (χ0v) is 12.5. The molecule has 2 aliphatic carbocycles. The zero-order valence-electron chi connectivity index (χ0n) is 12.5. The Balaban J connectivity index is 1.65. The maximum absolute atomic E-state index is 12.5. The maximum atomic E-state index is 12.5. The van der Waals surface area contributed by atoms with Crippen LogP contribution >= 0.6 is 0 Å². The molecule has 2 aliphatic rings. The summed E-state index contributed by atoms with van der Waals surface area (Å²) in [7, 11) is 1.64. The number of carbonyl (C=O) groups excluding carboxylic acids is 1. The van der Waals surface area contributed by atoms with E-state index < -0.39 is 0 Å². The molecule has 112 valence electrons. The molecule has 0 heterocycles. The number of fused-ring (bicyclic) bond motifs is 2. The summed E-state index contributed by atoms with van der Waals surface area (Å²) in [5.41, 5.74) is 7.25. The maximum Gasteiger partial charge on any atom is 0.225 e. The number of benzene rings is 1. The molecule has 2 bridgehead atoms. The van der Waals surface area contributed by atoms with Crippen LogP contribution in [0.2, 0.25) is 0 Å². The lowest BCUT2D eigenvalue weighted by Gasteiger charge is -2.25. The van der Waals surface area contributed by atoms with Crippen LogP contribution in [-0.2, 0) is 4.79 Å². The van der Waals surface area contributed by atoms with Crippen molar-refractivity contribution in [2.24, 2.45) is 23.5 Å². The summed E-state index contributed by atoms with van der Waals surface area (Å²) in [6, 6.07) is 7.70. The Bertz CT molecular complexity index is 552. The molecule has 0 aromatic heterocycles. The number of carbonyl (C=O) groups is 1. The highest BCUT2D eigenvalue weighted by Gasteiger charge is 2.46.